The van der Waals surface area contributed by atoms with E-state index in [1.807, 2.05) is 0 Å². The first-order valence-corrected chi connectivity index (χ1v) is 3.57. The Bertz CT molecular complexity index is 125. The first kappa shape index (κ1) is 4.87. The predicted molar refractivity (Wildman–Crippen MR) is 35.0 cm³/mol. The smallest absolute Gasteiger partial charge is 0.0466 e. The van der Waals surface area contributed by atoms with E-state index in [1.165, 1.54) is 18.4 Å². The minimum Gasteiger partial charge on any atom is -0.122 e. The summed E-state index contributed by atoms with van der Waals surface area (Å²) in [6, 6.07) is 0. The van der Waals surface area contributed by atoms with E-state index >= 15 is 0 Å². The third-order valence-electron chi connectivity index (χ3n) is 2.51. The van der Waals surface area contributed by atoms with Crippen LogP contribution < -0.4 is 0 Å². The lowest BCUT2D eigenvalue weighted by Gasteiger charge is -2.33. The van der Waals surface area contributed by atoms with Gasteiger partial charge in [0.25, 0.3) is 0 Å². The van der Waals surface area contributed by atoms with Crippen molar-refractivity contribution < 1.29 is 0 Å². The van der Waals surface area contributed by atoms with Crippen molar-refractivity contribution in [2.45, 2.75) is 18.2 Å². The van der Waals surface area contributed by atoms with Crippen LogP contribution in [0.1, 0.15) is 12.8 Å². The Labute approximate surface area is 54.5 Å². The fourth-order valence-electron chi connectivity index (χ4n) is 1.89. The summed E-state index contributed by atoms with van der Waals surface area (Å²) in [6.45, 7) is 3.95. The van der Waals surface area contributed by atoms with Crippen molar-refractivity contribution in [3.63, 3.8) is 0 Å². The zero-order valence-electron chi connectivity index (χ0n) is 4.73. The van der Waals surface area contributed by atoms with E-state index in [0.29, 0.717) is 17.2 Å². The average Bonchev–Trinajstić information content (AvgIpc) is 2.26. The van der Waals surface area contributed by atoms with Crippen LogP contribution in [-0.4, -0.2) is 5.38 Å². The second-order valence-electron chi connectivity index (χ2n) is 2.81. The molecule has 0 aliphatic heterocycles. The lowest BCUT2D eigenvalue weighted by molar-refractivity contribution is 0.458. The molecule has 2 bridgehead atoms. The second kappa shape index (κ2) is 1.30. The van der Waals surface area contributed by atoms with Gasteiger partial charge in [0.1, 0.15) is 0 Å². The van der Waals surface area contributed by atoms with Crippen LogP contribution in [0.5, 0.6) is 0 Å². The van der Waals surface area contributed by atoms with Gasteiger partial charge in [0.15, 0.2) is 0 Å². The highest BCUT2D eigenvalue weighted by molar-refractivity contribution is 6.22. The molecule has 8 heavy (non-hydrogen) atoms. The Morgan fingerprint density at radius 1 is 1.38 bits per heavy atom. The molecule has 3 aliphatic carbocycles. The number of hydrogen-bond donors (Lipinski definition) is 0. The summed E-state index contributed by atoms with van der Waals surface area (Å²) in [5.41, 5.74) is 1.42. The highest BCUT2D eigenvalue weighted by atomic mass is 35.5. The first-order valence-electron chi connectivity index (χ1n) is 3.13. The van der Waals surface area contributed by atoms with Crippen LogP contribution >= 0.6 is 11.6 Å². The highest BCUT2D eigenvalue weighted by Gasteiger charge is 2.48. The van der Waals surface area contributed by atoms with Crippen molar-refractivity contribution >= 4 is 11.6 Å². The molecule has 3 rings (SSSR count). The average molecular weight is 129 g/mol. The summed E-state index contributed by atoms with van der Waals surface area (Å²) >= 11 is 5.95. The number of halogens is 1. The number of fused-ring (bicyclic) bond motifs is 1. The third kappa shape index (κ3) is 0.345. The van der Waals surface area contributed by atoms with Gasteiger partial charge in [-0.1, -0.05) is 12.2 Å². The Morgan fingerprint density at radius 2 is 1.88 bits per heavy atom. The molecule has 3 atom stereocenters. The molecular weight excluding hydrogens is 120 g/mol. The largest absolute Gasteiger partial charge is 0.122 e. The molecule has 3 fully saturated rings. The summed E-state index contributed by atoms with van der Waals surface area (Å²) in [5, 5.41) is 0.461. The molecule has 0 aromatic rings. The monoisotopic (exact) mass is 128 g/mol. The molecule has 0 amide bonds. The van der Waals surface area contributed by atoms with Crippen LogP contribution in [0.2, 0.25) is 0 Å². The number of allylic oxidation sites excluding steroid dienone is 1. The Balaban J connectivity index is 2.26. The van der Waals surface area contributed by atoms with Crippen LogP contribution in [0, 0.1) is 11.8 Å². The standard InChI is InChI=1S/C7H9Cl/c1-4-5-2-3-6(4)7(5)8/h5-7H,1-3H2/t5-,6+,7?. The minimum absolute atomic E-state index is 0.461. The van der Waals surface area contributed by atoms with E-state index in [4.69, 9.17) is 11.6 Å². The summed E-state index contributed by atoms with van der Waals surface area (Å²) in [4.78, 5) is 0. The Hall–Kier alpha value is 0.0300. The second-order valence-corrected chi connectivity index (χ2v) is 3.31. The zero-order valence-corrected chi connectivity index (χ0v) is 5.49. The summed E-state index contributed by atoms with van der Waals surface area (Å²) in [7, 11) is 0. The molecule has 0 radical (unpaired) electrons. The normalized spacial score (nSPS) is 51.6. The minimum atomic E-state index is 0.461. The molecule has 0 spiro atoms. The van der Waals surface area contributed by atoms with Gasteiger partial charge >= 0.3 is 0 Å². The van der Waals surface area contributed by atoms with Crippen molar-refractivity contribution in [1.82, 2.24) is 0 Å². The van der Waals surface area contributed by atoms with Crippen molar-refractivity contribution in [3.8, 4) is 0 Å². The SMILES string of the molecule is C=C1[C@H]2CC[C@@H]1C2Cl. The fourth-order valence-corrected chi connectivity index (χ4v) is 2.47. The number of rotatable bonds is 0. The molecule has 0 aromatic carbocycles. The quantitative estimate of drug-likeness (QED) is 0.347. The molecule has 0 aromatic heterocycles. The maximum absolute atomic E-state index is 5.95. The zero-order chi connectivity index (χ0) is 5.72. The summed E-state index contributed by atoms with van der Waals surface area (Å²) < 4.78 is 0. The molecular formula is C7H9Cl. The van der Waals surface area contributed by atoms with Gasteiger partial charge in [-0.15, -0.1) is 11.6 Å². The summed E-state index contributed by atoms with van der Waals surface area (Å²) in [6.07, 6.45) is 2.61. The molecule has 3 aliphatic rings. The third-order valence-corrected chi connectivity index (χ3v) is 3.12. The van der Waals surface area contributed by atoms with Gasteiger partial charge in [-0.25, -0.2) is 0 Å². The highest BCUT2D eigenvalue weighted by Crippen LogP contribution is 2.54. The Kier molecular flexibility index (Phi) is 0.790. The number of alkyl halides is 1. The lowest BCUT2D eigenvalue weighted by Crippen LogP contribution is -2.31. The molecule has 1 heteroatoms. The van der Waals surface area contributed by atoms with Gasteiger partial charge in [-0.3, -0.25) is 0 Å². The molecule has 0 saturated heterocycles. The van der Waals surface area contributed by atoms with Crippen LogP contribution in [0.25, 0.3) is 0 Å². The number of hydrogen-bond acceptors (Lipinski definition) is 0. The molecule has 3 saturated carbocycles. The van der Waals surface area contributed by atoms with Crippen LogP contribution in [-0.2, 0) is 0 Å². The predicted octanol–water partition coefficient (Wildman–Crippen LogP) is 2.19. The van der Waals surface area contributed by atoms with Crippen molar-refractivity contribution in [3.05, 3.63) is 12.2 Å². The molecule has 0 heterocycles. The summed E-state index contributed by atoms with van der Waals surface area (Å²) in [5.74, 6) is 1.39. The van der Waals surface area contributed by atoms with E-state index in [1.54, 1.807) is 0 Å². The molecule has 44 valence electrons. The van der Waals surface area contributed by atoms with Gasteiger partial charge in [0, 0.05) is 5.38 Å². The van der Waals surface area contributed by atoms with E-state index in [-0.39, 0.29) is 0 Å². The van der Waals surface area contributed by atoms with Crippen LogP contribution in [0.4, 0.5) is 0 Å². The molecule has 0 nitrogen and oxygen atoms in total. The maximum Gasteiger partial charge on any atom is 0.0466 e. The van der Waals surface area contributed by atoms with Gasteiger partial charge < -0.3 is 0 Å². The van der Waals surface area contributed by atoms with E-state index in [0.717, 1.165) is 0 Å². The lowest BCUT2D eigenvalue weighted by atomic mass is 9.79. The fraction of sp³-hybridized carbons (Fsp3) is 0.714. The molecule has 1 unspecified atom stereocenters. The van der Waals surface area contributed by atoms with E-state index < -0.39 is 0 Å². The van der Waals surface area contributed by atoms with Gasteiger partial charge in [0.2, 0.25) is 0 Å². The Morgan fingerprint density at radius 3 is 2.00 bits per heavy atom. The van der Waals surface area contributed by atoms with Crippen LogP contribution in [0.3, 0.4) is 0 Å². The van der Waals surface area contributed by atoms with E-state index in [2.05, 4.69) is 6.58 Å². The van der Waals surface area contributed by atoms with Gasteiger partial charge in [0.05, 0.1) is 0 Å². The molecule has 0 N–H and O–H groups in total. The van der Waals surface area contributed by atoms with Gasteiger partial charge in [-0.05, 0) is 24.7 Å². The van der Waals surface area contributed by atoms with Crippen molar-refractivity contribution in [1.29, 1.82) is 0 Å². The van der Waals surface area contributed by atoms with E-state index in [9.17, 15) is 0 Å². The van der Waals surface area contributed by atoms with Crippen molar-refractivity contribution in [2.75, 3.05) is 0 Å². The maximum atomic E-state index is 5.95. The van der Waals surface area contributed by atoms with Crippen molar-refractivity contribution in [2.24, 2.45) is 11.8 Å². The van der Waals surface area contributed by atoms with Crippen LogP contribution in [0.15, 0.2) is 12.2 Å². The topological polar surface area (TPSA) is 0 Å². The first-order chi connectivity index (χ1) is 3.80. The van der Waals surface area contributed by atoms with Gasteiger partial charge in [-0.2, -0.15) is 0 Å².